The van der Waals surface area contributed by atoms with Gasteiger partial charge in [-0.05, 0) is 111 Å². The Balaban J connectivity index is 1.41. The van der Waals surface area contributed by atoms with Gasteiger partial charge in [-0.1, -0.05) is 157 Å². The van der Waals surface area contributed by atoms with E-state index in [1.54, 1.807) is 0 Å². The third-order valence-electron chi connectivity index (χ3n) is 8.64. The van der Waals surface area contributed by atoms with E-state index >= 15 is 0 Å². The molecule has 0 saturated heterocycles. The van der Waals surface area contributed by atoms with Crippen molar-refractivity contribution in [1.82, 2.24) is 0 Å². The van der Waals surface area contributed by atoms with Gasteiger partial charge in [-0.2, -0.15) is 0 Å². The highest BCUT2D eigenvalue weighted by atomic mass is 16.3. The maximum Gasteiger partial charge on any atom is 0.136 e. The minimum Gasteiger partial charge on any atom is -0.456 e. The van der Waals surface area contributed by atoms with Crippen molar-refractivity contribution < 1.29 is 44.2 Å². The van der Waals surface area contributed by atoms with E-state index in [2.05, 4.69) is 0 Å². The number of fused-ring (bicyclic) bond motifs is 10. The fraction of sp³-hybridized carbons (Fsp3) is 0. The highest BCUT2D eigenvalue weighted by molar-refractivity contribution is 6.24. The highest BCUT2D eigenvalue weighted by Gasteiger charge is 2.19. The molecule has 0 aliphatic rings. The van der Waals surface area contributed by atoms with Gasteiger partial charge < -0.3 is 4.42 Å². The average molecular weight is 676 g/mol. The van der Waals surface area contributed by atoms with Gasteiger partial charge in [0.05, 0.1) is 39.8 Å². The van der Waals surface area contributed by atoms with Crippen LogP contribution in [0.15, 0.2) is 186 Å². The minimum absolute atomic E-state index is 0.412. The summed E-state index contributed by atoms with van der Waals surface area (Å²) in [5.74, 6) is 0. The first-order valence-electron chi connectivity index (χ1n) is 29.7. The molecule has 1 nitrogen and oxygen atoms in total. The molecule has 0 spiro atoms. The summed E-state index contributed by atoms with van der Waals surface area (Å²) in [6, 6.07) is -25.0. The summed E-state index contributed by atoms with van der Waals surface area (Å²) in [5, 5.41) is -7.10. The normalized spacial score (nSPS) is 19.9. The molecule has 0 unspecified atom stereocenters. The van der Waals surface area contributed by atoms with E-state index in [0.29, 0.717) is 0 Å². The van der Waals surface area contributed by atoms with Gasteiger partial charge in [-0.25, -0.2) is 0 Å². The van der Waals surface area contributed by atoms with Crippen LogP contribution in [-0.4, -0.2) is 0 Å². The van der Waals surface area contributed by atoms with Crippen molar-refractivity contribution in [2.75, 3.05) is 0 Å². The summed E-state index contributed by atoms with van der Waals surface area (Å²) < 4.78 is 270. The summed E-state index contributed by atoms with van der Waals surface area (Å²) in [7, 11) is 0. The van der Waals surface area contributed by atoms with E-state index in [1.165, 1.54) is 0 Å². The van der Waals surface area contributed by atoms with Crippen molar-refractivity contribution in [3.05, 3.63) is 181 Å². The summed E-state index contributed by atoms with van der Waals surface area (Å²) in [6.45, 7) is 0. The van der Waals surface area contributed by atoms with Crippen molar-refractivity contribution in [2.24, 2.45) is 0 Å². The molecule has 11 rings (SSSR count). The standard InChI is InChI=1S/C50H30O/c1-3-16-37-31(11-1)23-24-33-13-10-22-39(47(33)37)34-14-9-15-35(29-34)48-40-18-5-7-20-42(40)49(43-21-8-6-19-41(43)48)36-26-27-45-44(30-36)50-38-17-4-2-12-32(38)25-28-46(50)51-45/h1-30H/i1D,2D,3D,4D,5D,6D,7D,8D,9D,10D,11D,12D,13D,15D,16D,17D,18D,19D,20D,21D,22D,23D,24D,25D,26D,27D,28D,29D,30D. The third kappa shape index (κ3) is 4.22. The van der Waals surface area contributed by atoms with Crippen LogP contribution in [0.25, 0.3) is 109 Å². The molecule has 0 amide bonds. The van der Waals surface area contributed by atoms with Crippen molar-refractivity contribution in [3.8, 4) is 33.4 Å². The number of benzene rings is 10. The van der Waals surface area contributed by atoms with Crippen LogP contribution in [0.3, 0.4) is 0 Å². The summed E-state index contributed by atoms with van der Waals surface area (Å²) in [4.78, 5) is 0. The van der Waals surface area contributed by atoms with Crippen LogP contribution in [0.2, 0.25) is 0 Å². The van der Waals surface area contributed by atoms with Crippen LogP contribution in [0.5, 0.6) is 0 Å². The lowest BCUT2D eigenvalue weighted by Gasteiger charge is -2.18. The zero-order chi connectivity index (χ0) is 58.7. The minimum atomic E-state index is -1.02. The maximum atomic E-state index is 10.1. The lowest BCUT2D eigenvalue weighted by molar-refractivity contribution is 0.669. The van der Waals surface area contributed by atoms with E-state index < -0.39 is 284 Å². The van der Waals surface area contributed by atoms with Gasteiger partial charge >= 0.3 is 0 Å². The molecule has 10 aromatic carbocycles. The number of hydrogen-bond donors (Lipinski definition) is 0. The number of hydrogen-bond acceptors (Lipinski definition) is 1. The van der Waals surface area contributed by atoms with Gasteiger partial charge in [-0.3, -0.25) is 0 Å². The first-order valence-corrected chi connectivity index (χ1v) is 15.2. The fourth-order valence-electron chi connectivity index (χ4n) is 6.52. The zero-order valence-corrected chi connectivity index (χ0v) is 25.5. The second-order valence-electron chi connectivity index (χ2n) is 11.3. The molecular weight excluding hydrogens is 617 g/mol. The average Bonchev–Trinajstić information content (AvgIpc) is 3.90. The summed E-state index contributed by atoms with van der Waals surface area (Å²) >= 11 is 0. The first-order chi connectivity index (χ1) is 37.4. The Labute approximate surface area is 335 Å². The van der Waals surface area contributed by atoms with E-state index in [-0.39, 0.29) is 0 Å². The topological polar surface area (TPSA) is 13.1 Å². The summed E-state index contributed by atoms with van der Waals surface area (Å²) in [5.41, 5.74) is -5.55. The van der Waals surface area contributed by atoms with Gasteiger partial charge in [-0.15, -0.1) is 0 Å². The quantitative estimate of drug-likeness (QED) is 0.134. The lowest BCUT2D eigenvalue weighted by Crippen LogP contribution is -1.91. The molecule has 0 radical (unpaired) electrons. The van der Waals surface area contributed by atoms with Gasteiger partial charge in [0, 0.05) is 10.8 Å². The molecule has 1 aromatic heterocycles. The first kappa shape index (κ1) is 12.0. The summed E-state index contributed by atoms with van der Waals surface area (Å²) in [6.07, 6.45) is 0. The molecule has 11 aromatic rings. The molecule has 1 heterocycles. The van der Waals surface area contributed by atoms with Crippen LogP contribution >= 0.6 is 0 Å². The molecule has 0 N–H and O–H groups in total. The van der Waals surface area contributed by atoms with E-state index in [0.717, 1.165) is 6.07 Å². The Morgan fingerprint density at radius 1 is 0.333 bits per heavy atom. The number of furan rings is 1. The van der Waals surface area contributed by atoms with Crippen LogP contribution in [0.4, 0.5) is 0 Å². The van der Waals surface area contributed by atoms with E-state index in [4.69, 9.17) is 29.1 Å². The second kappa shape index (κ2) is 10.9. The Morgan fingerprint density at radius 2 is 0.863 bits per heavy atom. The van der Waals surface area contributed by atoms with Crippen LogP contribution < -0.4 is 0 Å². The molecule has 0 saturated carbocycles. The Bertz CT molecular complexity index is 4790. The van der Waals surface area contributed by atoms with Crippen molar-refractivity contribution in [3.63, 3.8) is 0 Å². The van der Waals surface area contributed by atoms with Crippen LogP contribution in [0.1, 0.15) is 39.8 Å². The zero-order valence-electron chi connectivity index (χ0n) is 54.5. The Hall–Kier alpha value is -6.70. The van der Waals surface area contributed by atoms with Crippen molar-refractivity contribution in [2.45, 2.75) is 0 Å². The van der Waals surface area contributed by atoms with E-state index in [9.17, 15) is 15.1 Å². The Kier molecular flexibility index (Phi) is 2.56. The molecule has 0 bridgehead atoms. The van der Waals surface area contributed by atoms with Gasteiger partial charge in [0.2, 0.25) is 0 Å². The molecule has 0 atom stereocenters. The largest absolute Gasteiger partial charge is 0.456 e. The molecule has 0 aliphatic heterocycles. The maximum absolute atomic E-state index is 10.1. The van der Waals surface area contributed by atoms with Gasteiger partial charge in [0.15, 0.2) is 0 Å². The van der Waals surface area contributed by atoms with Crippen molar-refractivity contribution >= 4 is 75.8 Å². The molecule has 1 heteroatoms. The SMILES string of the molecule is [2H]c1cc(-c2c([2H])c([2H])c([2H])c3c([2H])c([2H])c4c([2H])c([2H])c([2H])c([2H])c4c23)c([2H])c(-c2c3c([2H])c([2H])c([2H])c([2H])c3c(-c3c([2H])c([2H])c4oc5c([2H])c([2H])c6c([2H])c([2H])c([2H])c([2H])c6c5c4c3[2H])c3c([2H])c([2H])c([2H])c([2H])c23)c1[2H]. The highest BCUT2D eigenvalue weighted by Crippen LogP contribution is 2.46. The molecule has 51 heavy (non-hydrogen) atoms. The number of rotatable bonds is 3. The van der Waals surface area contributed by atoms with E-state index in [1.807, 2.05) is 0 Å². The third-order valence-corrected chi connectivity index (χ3v) is 8.64. The fourth-order valence-corrected chi connectivity index (χ4v) is 6.52. The van der Waals surface area contributed by atoms with Gasteiger partial charge in [0.25, 0.3) is 0 Å². The molecule has 0 fully saturated rings. The smallest absolute Gasteiger partial charge is 0.136 e. The van der Waals surface area contributed by atoms with Gasteiger partial charge in [0.1, 0.15) is 11.2 Å². The monoisotopic (exact) mass is 675 g/mol. The van der Waals surface area contributed by atoms with Crippen molar-refractivity contribution in [1.29, 1.82) is 0 Å². The van der Waals surface area contributed by atoms with Crippen LogP contribution in [0, 0.1) is 0 Å². The second-order valence-corrected chi connectivity index (χ2v) is 11.3. The molecule has 0 aliphatic carbocycles. The lowest BCUT2D eigenvalue weighted by atomic mass is 9.85. The van der Waals surface area contributed by atoms with Crippen LogP contribution in [-0.2, 0) is 0 Å². The predicted octanol–water partition coefficient (Wildman–Crippen LogP) is 14.4. The predicted molar refractivity (Wildman–Crippen MR) is 218 cm³/mol. The Morgan fingerprint density at radius 3 is 1.55 bits per heavy atom. The molecule has 236 valence electrons. The molecular formula is C50H30O.